The first-order chi connectivity index (χ1) is 31.6. The van der Waals surface area contributed by atoms with E-state index < -0.39 is 0 Å². The molecule has 0 aliphatic carbocycles. The first-order valence-electron chi connectivity index (χ1n) is 21.9. The lowest BCUT2D eigenvalue weighted by atomic mass is 10.1. The summed E-state index contributed by atoms with van der Waals surface area (Å²) in [6, 6.07) is 24.6. The lowest BCUT2D eigenvalue weighted by molar-refractivity contribution is -0.0277. The van der Waals surface area contributed by atoms with Gasteiger partial charge in [-0.05, 0) is 55.0 Å². The minimum atomic E-state index is -0.265. The fourth-order valence-electron chi connectivity index (χ4n) is 5.57. The fourth-order valence-corrected chi connectivity index (χ4v) is 5.84. The Balaban J connectivity index is 0.876. The maximum Gasteiger partial charge on any atom is 0.259 e. The molecule has 64 heavy (non-hydrogen) atoms. The molecule has 17 heteroatoms. The summed E-state index contributed by atoms with van der Waals surface area (Å²) in [6.07, 6.45) is 2.77. The van der Waals surface area contributed by atoms with Crippen LogP contribution in [0.2, 0.25) is 0 Å². The lowest BCUT2D eigenvalue weighted by Crippen LogP contribution is -2.15. The third-order valence-electron chi connectivity index (χ3n) is 8.77. The van der Waals surface area contributed by atoms with Gasteiger partial charge in [0.25, 0.3) is 5.91 Å². The van der Waals surface area contributed by atoms with Gasteiger partial charge in [0.1, 0.15) is 18.1 Å². The summed E-state index contributed by atoms with van der Waals surface area (Å²) in [4.78, 5) is 13.5. The SMILES string of the molecule is CCCOCCOCCOCCOCCOCCOCCOCCOCCOCCOCCOCCOc1ccc(NC(=O)c2cn(-c3ccccc3)nc2-c2ccc(Br)cc2)cc1. The summed E-state index contributed by atoms with van der Waals surface area (Å²) in [6.45, 7) is 13.8. The van der Waals surface area contributed by atoms with Crippen molar-refractivity contribution in [3.63, 3.8) is 0 Å². The van der Waals surface area contributed by atoms with Crippen LogP contribution in [0.4, 0.5) is 5.69 Å². The number of ether oxygens (including phenoxy) is 12. The van der Waals surface area contributed by atoms with Crippen LogP contribution in [-0.4, -0.2) is 168 Å². The number of nitrogens with one attached hydrogen (secondary N) is 1. The van der Waals surface area contributed by atoms with Crippen molar-refractivity contribution in [2.45, 2.75) is 13.3 Å². The molecular formula is C47H66BrN3O13. The van der Waals surface area contributed by atoms with Crippen molar-refractivity contribution < 1.29 is 61.6 Å². The van der Waals surface area contributed by atoms with Crippen molar-refractivity contribution in [1.82, 2.24) is 9.78 Å². The van der Waals surface area contributed by atoms with Gasteiger partial charge in [0.2, 0.25) is 0 Å². The molecule has 0 saturated carbocycles. The quantitative estimate of drug-likeness (QED) is 0.0481. The number of halogens is 1. The summed E-state index contributed by atoms with van der Waals surface area (Å²) < 4.78 is 68.9. The minimum Gasteiger partial charge on any atom is -0.491 e. The van der Waals surface area contributed by atoms with E-state index >= 15 is 0 Å². The molecule has 1 aromatic heterocycles. The van der Waals surface area contributed by atoms with E-state index in [0.717, 1.165) is 28.8 Å². The highest BCUT2D eigenvalue weighted by Crippen LogP contribution is 2.27. The highest BCUT2D eigenvalue weighted by Gasteiger charge is 2.19. The number of rotatable bonds is 40. The summed E-state index contributed by atoms with van der Waals surface area (Å²) in [7, 11) is 0. The summed E-state index contributed by atoms with van der Waals surface area (Å²) >= 11 is 3.48. The Labute approximate surface area is 386 Å². The van der Waals surface area contributed by atoms with E-state index in [0.29, 0.717) is 168 Å². The number of benzene rings is 3. The zero-order valence-corrected chi connectivity index (χ0v) is 38.7. The van der Waals surface area contributed by atoms with Gasteiger partial charge in [0.15, 0.2) is 0 Å². The Bertz CT molecular complexity index is 1740. The highest BCUT2D eigenvalue weighted by atomic mass is 79.9. The van der Waals surface area contributed by atoms with Crippen LogP contribution in [0.15, 0.2) is 89.5 Å². The van der Waals surface area contributed by atoms with Gasteiger partial charge in [-0.25, -0.2) is 4.68 Å². The fraction of sp³-hybridized carbons (Fsp3) is 0.532. The molecule has 0 aliphatic heterocycles. The van der Waals surface area contributed by atoms with Crippen molar-refractivity contribution >= 4 is 27.5 Å². The number of para-hydroxylation sites is 1. The van der Waals surface area contributed by atoms with Crippen molar-refractivity contribution in [3.8, 4) is 22.7 Å². The topological polar surface area (TPSA) is 158 Å². The van der Waals surface area contributed by atoms with Crippen molar-refractivity contribution in [2.24, 2.45) is 0 Å². The van der Waals surface area contributed by atoms with Crippen molar-refractivity contribution in [2.75, 3.05) is 157 Å². The second kappa shape index (κ2) is 35.4. The molecule has 0 spiro atoms. The van der Waals surface area contributed by atoms with Crippen LogP contribution in [0.1, 0.15) is 23.7 Å². The number of aromatic nitrogens is 2. The van der Waals surface area contributed by atoms with Crippen LogP contribution in [0.3, 0.4) is 0 Å². The first kappa shape index (κ1) is 52.8. The van der Waals surface area contributed by atoms with Gasteiger partial charge in [0.05, 0.1) is 150 Å². The predicted molar refractivity (Wildman–Crippen MR) is 246 cm³/mol. The molecule has 4 rings (SSSR count). The van der Waals surface area contributed by atoms with Gasteiger partial charge < -0.3 is 62.2 Å². The second-order valence-electron chi connectivity index (χ2n) is 13.7. The number of amides is 1. The molecule has 1 amide bonds. The van der Waals surface area contributed by atoms with Crippen LogP contribution < -0.4 is 10.1 Å². The van der Waals surface area contributed by atoms with E-state index in [9.17, 15) is 4.79 Å². The monoisotopic (exact) mass is 959 g/mol. The van der Waals surface area contributed by atoms with Crippen LogP contribution >= 0.6 is 15.9 Å². The molecule has 0 aliphatic rings. The second-order valence-corrected chi connectivity index (χ2v) is 14.7. The summed E-state index contributed by atoms with van der Waals surface area (Å²) in [5.41, 5.74) is 3.38. The number of hydrogen-bond acceptors (Lipinski definition) is 14. The molecule has 16 nitrogen and oxygen atoms in total. The number of nitrogens with zero attached hydrogens (tertiary/aromatic N) is 2. The van der Waals surface area contributed by atoms with Gasteiger partial charge in [-0.15, -0.1) is 0 Å². The molecule has 4 aromatic rings. The minimum absolute atomic E-state index is 0.265. The predicted octanol–water partition coefficient (Wildman–Crippen LogP) is 6.53. The van der Waals surface area contributed by atoms with E-state index in [2.05, 4.69) is 28.2 Å². The Morgan fingerprint density at radius 1 is 0.500 bits per heavy atom. The Kier molecular flexibility index (Phi) is 29.2. The average molecular weight is 961 g/mol. The largest absolute Gasteiger partial charge is 0.491 e. The van der Waals surface area contributed by atoms with Crippen LogP contribution in [0.5, 0.6) is 5.75 Å². The summed E-state index contributed by atoms with van der Waals surface area (Å²) in [5.74, 6) is 0.403. The van der Waals surface area contributed by atoms with Crippen LogP contribution in [-0.2, 0) is 52.1 Å². The normalized spacial score (nSPS) is 11.3. The van der Waals surface area contributed by atoms with Crippen LogP contribution in [0, 0.1) is 0 Å². The average Bonchev–Trinajstić information content (AvgIpc) is 3.77. The number of anilines is 1. The van der Waals surface area contributed by atoms with E-state index in [1.165, 1.54) is 0 Å². The Hall–Kier alpha value is -3.82. The van der Waals surface area contributed by atoms with Crippen molar-refractivity contribution in [3.05, 3.63) is 95.1 Å². The zero-order valence-electron chi connectivity index (χ0n) is 37.1. The van der Waals surface area contributed by atoms with Gasteiger partial charge >= 0.3 is 0 Å². The number of hydrogen-bond donors (Lipinski definition) is 1. The van der Waals surface area contributed by atoms with E-state index in [1.54, 1.807) is 23.0 Å². The molecule has 1 heterocycles. The zero-order chi connectivity index (χ0) is 45.0. The Morgan fingerprint density at radius 3 is 1.30 bits per heavy atom. The molecule has 0 bridgehead atoms. The van der Waals surface area contributed by atoms with Crippen LogP contribution in [0.25, 0.3) is 16.9 Å². The molecule has 354 valence electrons. The summed E-state index contributed by atoms with van der Waals surface area (Å²) in [5, 5.41) is 7.74. The lowest BCUT2D eigenvalue weighted by Gasteiger charge is -2.10. The molecule has 0 saturated heterocycles. The third kappa shape index (κ3) is 23.9. The molecule has 1 N–H and O–H groups in total. The van der Waals surface area contributed by atoms with Gasteiger partial charge in [-0.1, -0.05) is 53.2 Å². The number of carbonyl (C=O) groups excluding carboxylic acids is 1. The maximum absolute atomic E-state index is 13.5. The van der Waals surface area contributed by atoms with E-state index in [4.69, 9.17) is 61.9 Å². The van der Waals surface area contributed by atoms with E-state index in [1.807, 2.05) is 66.7 Å². The third-order valence-corrected chi connectivity index (χ3v) is 9.30. The molecule has 0 unspecified atom stereocenters. The maximum atomic E-state index is 13.5. The first-order valence-corrected chi connectivity index (χ1v) is 22.7. The van der Waals surface area contributed by atoms with Gasteiger partial charge in [0, 0.05) is 28.5 Å². The smallest absolute Gasteiger partial charge is 0.259 e. The molecular weight excluding hydrogens is 894 g/mol. The highest BCUT2D eigenvalue weighted by molar-refractivity contribution is 9.10. The molecule has 3 aromatic carbocycles. The van der Waals surface area contributed by atoms with Gasteiger partial charge in [-0.2, -0.15) is 5.10 Å². The molecule has 0 atom stereocenters. The van der Waals surface area contributed by atoms with Crippen molar-refractivity contribution in [1.29, 1.82) is 0 Å². The number of carbonyl (C=O) groups is 1. The van der Waals surface area contributed by atoms with Gasteiger partial charge in [-0.3, -0.25) is 4.79 Å². The molecule has 0 fully saturated rings. The Morgan fingerprint density at radius 2 is 0.891 bits per heavy atom. The van der Waals surface area contributed by atoms with E-state index in [-0.39, 0.29) is 5.91 Å². The molecule has 0 radical (unpaired) electrons. The standard InChI is InChI=1S/C47H66BrN3O13/c1-2-16-53-17-18-54-19-20-55-21-22-56-23-24-57-25-26-58-27-28-59-29-30-60-31-32-61-33-34-62-35-36-63-37-38-64-44-14-12-42(13-15-44)49-47(52)45-39-51(43-6-4-3-5-7-43)50-46(45)40-8-10-41(48)11-9-40/h3-15,39H,2,16-38H2,1H3,(H,49,52).